The normalized spacial score (nSPS) is 10.1. The standard InChI is InChI=1S/6C12H24O2.H2O.Zr/c6*1-2-3-4-5-6-7-8-9-10-11-12(13)14;;/h6*2-11H2,1H3,(H,13,14);1H2;/q;;;;;;;+4/p-4. The van der Waals surface area contributed by atoms with E-state index in [-0.39, 0.29) is 57.4 Å². The van der Waals surface area contributed by atoms with Gasteiger partial charge in [0, 0.05) is 36.7 Å². The van der Waals surface area contributed by atoms with Crippen LogP contribution >= 0.6 is 0 Å². The van der Waals surface area contributed by atoms with E-state index in [9.17, 15) is 49.2 Å². The number of hydrogen-bond donors (Lipinski definition) is 2. The van der Waals surface area contributed by atoms with Crippen LogP contribution in [-0.4, -0.2) is 51.5 Å². The van der Waals surface area contributed by atoms with Crippen molar-refractivity contribution in [3.05, 3.63) is 0 Å². The summed E-state index contributed by atoms with van der Waals surface area (Å²) in [6.07, 6.45) is 67.6. The summed E-state index contributed by atoms with van der Waals surface area (Å²) < 4.78 is 0. The molecule has 0 saturated carbocycles. The Balaban J connectivity index is -0.000000141. The first kappa shape index (κ1) is 99.9. The van der Waals surface area contributed by atoms with E-state index in [0.29, 0.717) is 12.8 Å². The number of aliphatic carboxylic acids is 6. The molecule has 0 aromatic carbocycles. The molecule has 0 spiro atoms. The molecule has 0 atom stereocenters. The van der Waals surface area contributed by atoms with E-state index < -0.39 is 35.8 Å². The van der Waals surface area contributed by atoms with Crippen LogP contribution in [-0.2, 0) is 55.0 Å². The Morgan fingerprint density at radius 2 is 0.291 bits per heavy atom. The fraction of sp³-hybridized carbons (Fsp3) is 0.917. The maximum Gasteiger partial charge on any atom is 4.00 e. The molecule has 0 heterocycles. The molecule has 86 heavy (non-hydrogen) atoms. The molecule has 0 fully saturated rings. The molecule has 0 aliphatic heterocycles. The van der Waals surface area contributed by atoms with Crippen molar-refractivity contribution in [3.63, 3.8) is 0 Å². The van der Waals surface area contributed by atoms with Crippen LogP contribution < -0.4 is 20.4 Å². The Hall–Kier alpha value is -2.34. The summed E-state index contributed by atoms with van der Waals surface area (Å²) in [7, 11) is 0. The van der Waals surface area contributed by atoms with Crippen LogP contribution in [0.4, 0.5) is 0 Å². The summed E-state index contributed by atoms with van der Waals surface area (Å²) in [6, 6.07) is 0. The number of carbonyl (C=O) groups excluding carboxylic acids is 4. The van der Waals surface area contributed by atoms with E-state index in [1.54, 1.807) is 0 Å². The van der Waals surface area contributed by atoms with Crippen molar-refractivity contribution in [2.45, 2.75) is 427 Å². The third kappa shape index (κ3) is 131. The zero-order valence-corrected chi connectivity index (χ0v) is 59.9. The van der Waals surface area contributed by atoms with Gasteiger partial charge in [-0.25, -0.2) is 0 Å². The Bertz CT molecular complexity index is 1050. The van der Waals surface area contributed by atoms with E-state index in [4.69, 9.17) is 10.2 Å². The smallest absolute Gasteiger partial charge is 0.550 e. The minimum atomic E-state index is -0.909. The molecule has 0 bridgehead atoms. The van der Waals surface area contributed by atoms with Crippen LogP contribution in [0.2, 0.25) is 0 Å². The zero-order valence-electron chi connectivity index (χ0n) is 57.4. The van der Waals surface area contributed by atoms with Crippen LogP contribution in [0.5, 0.6) is 0 Å². The van der Waals surface area contributed by atoms with Gasteiger partial charge in [0.15, 0.2) is 0 Å². The SMILES string of the molecule is CCCCCCCCCCCC(=O)O.CCCCCCCCCCCC(=O)O.CCCCCCCCCCCC(=O)[O-].CCCCCCCCCCCC(=O)[O-].CCCCCCCCCCCC(=O)[O-].CCCCCCCCCCCC(=O)[O-].O.[Zr+4]. The molecule has 0 aliphatic carbocycles. The monoisotopic (exact) mass is 1300 g/mol. The van der Waals surface area contributed by atoms with E-state index in [2.05, 4.69) is 41.5 Å². The molecule has 4 N–H and O–H groups in total. The summed E-state index contributed by atoms with van der Waals surface area (Å²) in [6.45, 7) is 13.3. The maximum atomic E-state index is 10.2. The number of carboxylic acid groups (broad SMARTS) is 6. The molecule has 0 rings (SSSR count). The van der Waals surface area contributed by atoms with Gasteiger partial charge in [-0.05, 0) is 64.2 Å². The van der Waals surface area contributed by atoms with E-state index in [1.807, 2.05) is 0 Å². The Morgan fingerprint density at radius 3 is 0.384 bits per heavy atom. The second-order valence-corrected chi connectivity index (χ2v) is 23.7. The fourth-order valence-corrected chi connectivity index (χ4v) is 9.49. The van der Waals surface area contributed by atoms with Crippen molar-refractivity contribution in [2.24, 2.45) is 0 Å². The summed E-state index contributed by atoms with van der Waals surface area (Å²) >= 11 is 0. The molecule has 0 aromatic heterocycles. The molecule has 13 nitrogen and oxygen atoms in total. The molecule has 0 amide bonds. The molecular formula is C72H142O13Zr. The van der Waals surface area contributed by atoms with Crippen LogP contribution in [0.3, 0.4) is 0 Å². The summed E-state index contributed by atoms with van der Waals surface area (Å²) in [5.41, 5.74) is 0. The first-order chi connectivity index (χ1) is 40.6. The van der Waals surface area contributed by atoms with Crippen molar-refractivity contribution in [3.8, 4) is 0 Å². The summed E-state index contributed by atoms with van der Waals surface area (Å²) in [5.74, 6) is -4.96. The number of carboxylic acids is 6. The zero-order chi connectivity index (χ0) is 63.9. The maximum absolute atomic E-state index is 10.2. The van der Waals surface area contributed by atoms with Gasteiger partial charge < -0.3 is 55.3 Å². The largest absolute Gasteiger partial charge is 4.00 e. The van der Waals surface area contributed by atoms with Crippen molar-refractivity contribution in [1.82, 2.24) is 0 Å². The van der Waals surface area contributed by atoms with Crippen LogP contribution in [0.1, 0.15) is 427 Å². The average Bonchev–Trinajstić information content (AvgIpc) is 3.45. The van der Waals surface area contributed by atoms with Gasteiger partial charge in [-0.3, -0.25) is 9.59 Å². The first-order valence-corrected chi connectivity index (χ1v) is 35.9. The quantitative estimate of drug-likeness (QED) is 0.0538. The van der Waals surface area contributed by atoms with E-state index in [1.165, 1.54) is 270 Å². The molecule has 0 aromatic rings. The van der Waals surface area contributed by atoms with Gasteiger partial charge >= 0.3 is 38.1 Å². The Labute approximate surface area is 550 Å². The molecule has 0 saturated heterocycles. The summed E-state index contributed by atoms with van der Waals surface area (Å²) in [5, 5.41) is 57.2. The number of carbonyl (C=O) groups is 6. The van der Waals surface area contributed by atoms with E-state index in [0.717, 1.165) is 77.0 Å². The first-order valence-electron chi connectivity index (χ1n) is 35.9. The molecule has 0 unspecified atom stereocenters. The van der Waals surface area contributed by atoms with Gasteiger partial charge in [0.05, 0.1) is 0 Å². The number of hydrogen-bond acceptors (Lipinski definition) is 10. The number of rotatable bonds is 60. The van der Waals surface area contributed by atoms with Crippen molar-refractivity contribution in [1.29, 1.82) is 0 Å². The van der Waals surface area contributed by atoms with Crippen molar-refractivity contribution in [2.75, 3.05) is 0 Å². The Morgan fingerprint density at radius 1 is 0.198 bits per heavy atom. The van der Waals surface area contributed by atoms with Crippen LogP contribution in [0, 0.1) is 0 Å². The minimum Gasteiger partial charge on any atom is -0.550 e. The van der Waals surface area contributed by atoms with Crippen molar-refractivity contribution >= 4 is 35.8 Å². The predicted octanol–water partition coefficient (Wildman–Crippen LogP) is 17.8. The van der Waals surface area contributed by atoms with Gasteiger partial charge in [-0.1, -0.05) is 350 Å². The fourth-order valence-electron chi connectivity index (χ4n) is 9.49. The average molecular weight is 1310 g/mol. The van der Waals surface area contributed by atoms with E-state index >= 15 is 0 Å². The van der Waals surface area contributed by atoms with Gasteiger partial charge in [-0.2, -0.15) is 0 Å². The predicted molar refractivity (Wildman–Crippen MR) is 350 cm³/mol. The third-order valence-corrected chi connectivity index (χ3v) is 14.9. The van der Waals surface area contributed by atoms with Gasteiger partial charge in [0.2, 0.25) is 0 Å². The van der Waals surface area contributed by atoms with Gasteiger partial charge in [0.1, 0.15) is 0 Å². The second kappa shape index (κ2) is 96.3. The molecule has 512 valence electrons. The van der Waals surface area contributed by atoms with Gasteiger partial charge in [0.25, 0.3) is 0 Å². The Kier molecular flexibility index (Phi) is 112. The molecule has 0 aliphatic rings. The number of unbranched alkanes of at least 4 members (excludes halogenated alkanes) is 48. The van der Waals surface area contributed by atoms with Crippen LogP contribution in [0.15, 0.2) is 0 Å². The summed E-state index contributed by atoms with van der Waals surface area (Å²) in [4.78, 5) is 60.8. The molecular weight excluding hydrogens is 1160 g/mol. The topological polar surface area (TPSA) is 267 Å². The minimum absolute atomic E-state index is 0. The van der Waals surface area contributed by atoms with Crippen molar-refractivity contribution < 1.29 is 91.1 Å². The van der Waals surface area contributed by atoms with Crippen LogP contribution in [0.25, 0.3) is 0 Å². The molecule has 0 radical (unpaired) electrons. The third-order valence-electron chi connectivity index (χ3n) is 14.9. The second-order valence-electron chi connectivity index (χ2n) is 23.7. The molecule has 14 heteroatoms. The van der Waals surface area contributed by atoms with Gasteiger partial charge in [-0.15, -0.1) is 0 Å².